The van der Waals surface area contributed by atoms with Gasteiger partial charge in [-0.15, -0.1) is 0 Å². The summed E-state index contributed by atoms with van der Waals surface area (Å²) in [6.45, 7) is 12.5. The maximum atomic E-state index is 10.9. The summed E-state index contributed by atoms with van der Waals surface area (Å²) in [4.78, 5) is 10.9. The van der Waals surface area contributed by atoms with Gasteiger partial charge in [-0.25, -0.2) is 4.79 Å². The molecule has 0 spiro atoms. The Hall–Kier alpha value is -2.55. The number of rotatable bonds is 3. The number of carboxylic acids is 1. The van der Waals surface area contributed by atoms with E-state index in [1.807, 2.05) is 36.4 Å². The minimum Gasteiger partial charge on any atom is -0.507 e. The molecule has 0 heterocycles. The van der Waals surface area contributed by atoms with E-state index in [9.17, 15) is 9.90 Å². The molecule has 0 aromatic heterocycles. The molecule has 26 heavy (non-hydrogen) atoms. The van der Waals surface area contributed by atoms with Crippen LogP contribution in [0.3, 0.4) is 0 Å². The summed E-state index contributed by atoms with van der Waals surface area (Å²) in [5.74, 6) is -0.636. The van der Waals surface area contributed by atoms with Crippen LogP contribution in [0.1, 0.15) is 58.2 Å². The van der Waals surface area contributed by atoms with Crippen molar-refractivity contribution in [3.05, 3.63) is 59.2 Å². The van der Waals surface area contributed by atoms with Gasteiger partial charge in [-0.1, -0.05) is 65.8 Å². The van der Waals surface area contributed by atoms with Gasteiger partial charge in [0.2, 0.25) is 0 Å². The number of phenols is 1. The molecule has 2 aromatic carbocycles. The first kappa shape index (κ1) is 19.8. The summed E-state index contributed by atoms with van der Waals surface area (Å²) >= 11 is 0. The Morgan fingerprint density at radius 2 is 1.42 bits per heavy atom. The molecular formula is C23H28O3. The predicted octanol–water partition coefficient (Wildman–Crippen LogP) is 5.75. The molecule has 3 heteroatoms. The zero-order chi connectivity index (χ0) is 19.7. The van der Waals surface area contributed by atoms with E-state index in [1.165, 1.54) is 0 Å². The molecule has 0 saturated carbocycles. The van der Waals surface area contributed by atoms with Gasteiger partial charge in [-0.3, -0.25) is 0 Å². The van der Waals surface area contributed by atoms with Crippen LogP contribution < -0.4 is 0 Å². The molecule has 2 rings (SSSR count). The second-order valence-corrected chi connectivity index (χ2v) is 8.68. The number of aliphatic carboxylic acids is 1. The minimum atomic E-state index is -0.976. The first-order valence-corrected chi connectivity index (χ1v) is 8.79. The van der Waals surface area contributed by atoms with Crippen molar-refractivity contribution in [2.45, 2.75) is 52.4 Å². The quantitative estimate of drug-likeness (QED) is 0.691. The van der Waals surface area contributed by atoms with Crippen molar-refractivity contribution >= 4 is 12.0 Å². The summed E-state index contributed by atoms with van der Waals surface area (Å²) in [5.41, 5.74) is 4.09. The number of carbonyl (C=O) groups is 1. The number of carboxylic acid groups (broad SMARTS) is 1. The van der Waals surface area contributed by atoms with Gasteiger partial charge in [0.05, 0.1) is 0 Å². The zero-order valence-electron chi connectivity index (χ0n) is 16.4. The molecule has 0 amide bonds. The first-order valence-electron chi connectivity index (χ1n) is 8.79. The van der Waals surface area contributed by atoms with Crippen molar-refractivity contribution in [3.63, 3.8) is 0 Å². The number of hydrogen-bond donors (Lipinski definition) is 2. The van der Waals surface area contributed by atoms with E-state index in [4.69, 9.17) is 5.11 Å². The van der Waals surface area contributed by atoms with Gasteiger partial charge in [0.1, 0.15) is 5.75 Å². The van der Waals surface area contributed by atoms with Crippen LogP contribution in [-0.4, -0.2) is 16.2 Å². The third-order valence-electron chi connectivity index (χ3n) is 4.40. The Morgan fingerprint density at radius 1 is 0.923 bits per heavy atom. The molecule has 0 saturated heterocycles. The standard InChI is InChI=1S/C23H28O3/c1-22(2,3)18-13-16(14-19(21(18)26)23(4,5)6)17-10-8-7-9-15(17)11-12-20(24)25/h7-14,26H,1-6H3,(H,24,25)/b12-11+. The maximum absolute atomic E-state index is 10.9. The maximum Gasteiger partial charge on any atom is 0.328 e. The Labute approximate surface area is 156 Å². The SMILES string of the molecule is CC(C)(C)c1cc(-c2ccccc2/C=C/C(=O)O)cc(C(C)(C)C)c1O. The van der Waals surface area contributed by atoms with Crippen LogP contribution in [0.15, 0.2) is 42.5 Å². The number of phenolic OH excluding ortho intramolecular Hbond substituents is 1. The average Bonchev–Trinajstić information content (AvgIpc) is 2.51. The lowest BCUT2D eigenvalue weighted by Gasteiger charge is -2.28. The molecular weight excluding hydrogens is 324 g/mol. The van der Waals surface area contributed by atoms with Gasteiger partial charge in [0.25, 0.3) is 0 Å². The number of aromatic hydroxyl groups is 1. The topological polar surface area (TPSA) is 57.5 Å². The van der Waals surface area contributed by atoms with Gasteiger partial charge in [0.15, 0.2) is 0 Å². The molecule has 0 aliphatic rings. The first-order chi connectivity index (χ1) is 11.9. The van der Waals surface area contributed by atoms with Gasteiger partial charge in [-0.2, -0.15) is 0 Å². The van der Waals surface area contributed by atoms with E-state index in [1.54, 1.807) is 6.08 Å². The van der Waals surface area contributed by atoms with Crippen molar-refractivity contribution in [3.8, 4) is 16.9 Å². The summed E-state index contributed by atoms with van der Waals surface area (Å²) in [6, 6.07) is 11.7. The summed E-state index contributed by atoms with van der Waals surface area (Å²) in [5, 5.41) is 19.8. The summed E-state index contributed by atoms with van der Waals surface area (Å²) < 4.78 is 0. The van der Waals surface area contributed by atoms with E-state index >= 15 is 0 Å². The summed E-state index contributed by atoms with van der Waals surface area (Å²) in [7, 11) is 0. The second kappa shape index (κ2) is 6.99. The molecule has 0 atom stereocenters. The Balaban J connectivity index is 2.78. The number of benzene rings is 2. The lowest BCUT2D eigenvalue weighted by molar-refractivity contribution is -0.131. The van der Waals surface area contributed by atoms with Crippen LogP contribution in [-0.2, 0) is 15.6 Å². The highest BCUT2D eigenvalue weighted by Gasteiger charge is 2.27. The normalized spacial score (nSPS) is 12.5. The van der Waals surface area contributed by atoms with Gasteiger partial charge in [-0.05, 0) is 45.7 Å². The highest BCUT2D eigenvalue weighted by Crippen LogP contribution is 2.42. The highest BCUT2D eigenvalue weighted by molar-refractivity contribution is 5.88. The Kier molecular flexibility index (Phi) is 5.31. The van der Waals surface area contributed by atoms with E-state index < -0.39 is 5.97 Å². The lowest BCUT2D eigenvalue weighted by Crippen LogP contribution is -2.17. The van der Waals surface area contributed by atoms with E-state index in [0.29, 0.717) is 5.75 Å². The van der Waals surface area contributed by atoms with Crippen molar-refractivity contribution in [1.29, 1.82) is 0 Å². The van der Waals surface area contributed by atoms with E-state index in [0.717, 1.165) is 33.9 Å². The molecule has 138 valence electrons. The smallest absolute Gasteiger partial charge is 0.328 e. The van der Waals surface area contributed by atoms with Crippen LogP contribution in [0.25, 0.3) is 17.2 Å². The van der Waals surface area contributed by atoms with Crippen molar-refractivity contribution in [1.82, 2.24) is 0 Å². The zero-order valence-corrected chi connectivity index (χ0v) is 16.4. The molecule has 0 bridgehead atoms. The molecule has 0 radical (unpaired) electrons. The molecule has 0 aliphatic heterocycles. The van der Waals surface area contributed by atoms with E-state index in [2.05, 4.69) is 41.5 Å². The molecule has 2 N–H and O–H groups in total. The Morgan fingerprint density at radius 3 is 1.88 bits per heavy atom. The van der Waals surface area contributed by atoms with Crippen molar-refractivity contribution in [2.24, 2.45) is 0 Å². The molecule has 0 aliphatic carbocycles. The lowest BCUT2D eigenvalue weighted by atomic mass is 9.77. The van der Waals surface area contributed by atoms with Crippen molar-refractivity contribution < 1.29 is 15.0 Å². The minimum absolute atomic E-state index is 0.216. The third kappa shape index (κ3) is 4.34. The molecule has 0 unspecified atom stereocenters. The molecule has 2 aromatic rings. The number of hydrogen-bond acceptors (Lipinski definition) is 2. The molecule has 0 fully saturated rings. The second-order valence-electron chi connectivity index (χ2n) is 8.68. The average molecular weight is 352 g/mol. The van der Waals surface area contributed by atoms with Gasteiger partial charge < -0.3 is 10.2 Å². The van der Waals surface area contributed by atoms with Crippen LogP contribution in [0.5, 0.6) is 5.75 Å². The fourth-order valence-corrected chi connectivity index (χ4v) is 3.00. The monoisotopic (exact) mass is 352 g/mol. The van der Waals surface area contributed by atoms with Crippen LogP contribution in [0.2, 0.25) is 0 Å². The van der Waals surface area contributed by atoms with E-state index in [-0.39, 0.29) is 10.8 Å². The summed E-state index contributed by atoms with van der Waals surface area (Å²) in [6.07, 6.45) is 2.76. The van der Waals surface area contributed by atoms with Gasteiger partial charge >= 0.3 is 5.97 Å². The van der Waals surface area contributed by atoms with Crippen molar-refractivity contribution in [2.75, 3.05) is 0 Å². The fraction of sp³-hybridized carbons (Fsp3) is 0.348. The van der Waals surface area contributed by atoms with Crippen LogP contribution in [0.4, 0.5) is 0 Å². The van der Waals surface area contributed by atoms with Gasteiger partial charge in [0, 0.05) is 17.2 Å². The third-order valence-corrected chi connectivity index (χ3v) is 4.40. The largest absolute Gasteiger partial charge is 0.507 e. The predicted molar refractivity (Wildman–Crippen MR) is 108 cm³/mol. The van der Waals surface area contributed by atoms with Crippen LogP contribution in [0, 0.1) is 0 Å². The fourth-order valence-electron chi connectivity index (χ4n) is 3.00. The Bertz CT molecular complexity index is 811. The van der Waals surface area contributed by atoms with Crippen LogP contribution >= 0.6 is 0 Å². The highest BCUT2D eigenvalue weighted by atomic mass is 16.4. The molecule has 3 nitrogen and oxygen atoms in total.